The number of para-hydroxylation sites is 1. The Morgan fingerprint density at radius 2 is 1.73 bits per heavy atom. The van der Waals surface area contributed by atoms with Gasteiger partial charge in [0.05, 0.1) is 33.9 Å². The quantitative estimate of drug-likeness (QED) is 0.287. The van der Waals surface area contributed by atoms with E-state index in [4.69, 9.17) is 4.74 Å². The van der Waals surface area contributed by atoms with E-state index in [9.17, 15) is 28.1 Å². The molecule has 0 saturated heterocycles. The van der Waals surface area contributed by atoms with E-state index in [0.717, 1.165) is 5.56 Å². The molecule has 0 radical (unpaired) electrons. The van der Waals surface area contributed by atoms with Crippen LogP contribution < -0.4 is 10.0 Å². The smallest absolute Gasteiger partial charge is 0.308 e. The molecule has 178 valence electrons. The van der Waals surface area contributed by atoms with Crippen molar-refractivity contribution in [1.29, 1.82) is 0 Å². The van der Waals surface area contributed by atoms with Crippen LogP contribution in [-0.2, 0) is 24.3 Å². The SMILES string of the molecule is Cc1ccc(S(=O)(=O)NCCC(=O)NC(CC(=O)OC(C)C)c2ccccc2[N+](=O)[O-])cc1. The van der Waals surface area contributed by atoms with Gasteiger partial charge in [-0.2, -0.15) is 0 Å². The Morgan fingerprint density at radius 3 is 2.33 bits per heavy atom. The zero-order valence-corrected chi connectivity index (χ0v) is 19.4. The van der Waals surface area contributed by atoms with E-state index in [1.807, 2.05) is 6.92 Å². The van der Waals surface area contributed by atoms with E-state index in [2.05, 4.69) is 10.0 Å². The molecule has 1 atom stereocenters. The van der Waals surface area contributed by atoms with Crippen LogP contribution in [0.25, 0.3) is 0 Å². The summed E-state index contributed by atoms with van der Waals surface area (Å²) in [5.41, 5.74) is 0.808. The Hall–Kier alpha value is -3.31. The fourth-order valence-electron chi connectivity index (χ4n) is 3.03. The molecule has 0 fully saturated rings. The summed E-state index contributed by atoms with van der Waals surface area (Å²) in [5.74, 6) is -1.21. The van der Waals surface area contributed by atoms with Crippen LogP contribution >= 0.6 is 0 Å². The Balaban J connectivity index is 2.09. The van der Waals surface area contributed by atoms with Gasteiger partial charge in [-0.25, -0.2) is 13.1 Å². The highest BCUT2D eigenvalue weighted by Crippen LogP contribution is 2.27. The van der Waals surface area contributed by atoms with Crippen LogP contribution in [0.4, 0.5) is 5.69 Å². The van der Waals surface area contributed by atoms with Gasteiger partial charge in [-0.15, -0.1) is 0 Å². The lowest BCUT2D eigenvalue weighted by Crippen LogP contribution is -2.34. The van der Waals surface area contributed by atoms with Crippen molar-refractivity contribution < 1.29 is 27.7 Å². The monoisotopic (exact) mass is 477 g/mol. The Morgan fingerprint density at radius 1 is 1.09 bits per heavy atom. The fraction of sp³-hybridized carbons (Fsp3) is 0.364. The molecule has 0 spiro atoms. The first-order valence-corrected chi connectivity index (χ1v) is 11.8. The van der Waals surface area contributed by atoms with Gasteiger partial charge < -0.3 is 10.1 Å². The van der Waals surface area contributed by atoms with Crippen molar-refractivity contribution in [2.45, 2.75) is 50.7 Å². The van der Waals surface area contributed by atoms with Gasteiger partial charge in [-0.05, 0) is 32.9 Å². The topological polar surface area (TPSA) is 145 Å². The zero-order chi connectivity index (χ0) is 24.6. The van der Waals surface area contributed by atoms with Gasteiger partial charge in [0.25, 0.3) is 5.69 Å². The molecule has 10 nitrogen and oxygen atoms in total. The molecule has 0 aliphatic heterocycles. The van der Waals surface area contributed by atoms with Gasteiger partial charge in [-0.3, -0.25) is 19.7 Å². The van der Waals surface area contributed by atoms with Gasteiger partial charge in [0.15, 0.2) is 0 Å². The number of benzene rings is 2. The third-order valence-electron chi connectivity index (χ3n) is 4.56. The minimum Gasteiger partial charge on any atom is -0.463 e. The largest absolute Gasteiger partial charge is 0.463 e. The maximum absolute atomic E-state index is 12.5. The average Bonchev–Trinajstić information content (AvgIpc) is 2.72. The Labute approximate surface area is 192 Å². The van der Waals surface area contributed by atoms with Gasteiger partial charge in [0, 0.05) is 19.0 Å². The van der Waals surface area contributed by atoms with Crippen molar-refractivity contribution in [2.75, 3.05) is 6.54 Å². The lowest BCUT2D eigenvalue weighted by molar-refractivity contribution is -0.385. The van der Waals surface area contributed by atoms with Crippen molar-refractivity contribution in [3.8, 4) is 0 Å². The van der Waals surface area contributed by atoms with Crippen LogP contribution in [0.1, 0.15) is 43.9 Å². The average molecular weight is 478 g/mol. The second-order valence-electron chi connectivity index (χ2n) is 7.64. The van der Waals surface area contributed by atoms with Crippen molar-refractivity contribution in [2.24, 2.45) is 0 Å². The van der Waals surface area contributed by atoms with Crippen molar-refractivity contribution in [3.63, 3.8) is 0 Å². The predicted molar refractivity (Wildman–Crippen MR) is 121 cm³/mol. The second-order valence-corrected chi connectivity index (χ2v) is 9.41. The van der Waals surface area contributed by atoms with Gasteiger partial charge in [0.1, 0.15) is 0 Å². The van der Waals surface area contributed by atoms with E-state index < -0.39 is 39.0 Å². The summed E-state index contributed by atoms with van der Waals surface area (Å²) in [5, 5.41) is 14.0. The number of nitro benzene ring substituents is 1. The van der Waals surface area contributed by atoms with Crippen LogP contribution in [0, 0.1) is 17.0 Å². The summed E-state index contributed by atoms with van der Waals surface area (Å²) < 4.78 is 32.2. The third-order valence-corrected chi connectivity index (χ3v) is 6.03. The first kappa shape index (κ1) is 25.9. The van der Waals surface area contributed by atoms with E-state index in [0.29, 0.717) is 0 Å². The number of rotatable bonds is 11. The maximum atomic E-state index is 12.5. The van der Waals surface area contributed by atoms with Gasteiger partial charge in [0.2, 0.25) is 15.9 Å². The molecule has 0 saturated carbocycles. The number of nitrogens with one attached hydrogen (secondary N) is 2. The molecular formula is C22H27N3O7S. The number of nitrogens with zero attached hydrogens (tertiary/aromatic N) is 1. The summed E-state index contributed by atoms with van der Waals surface area (Å²) in [6.45, 7) is 4.97. The number of ether oxygens (including phenoxy) is 1. The molecule has 0 aliphatic rings. The number of esters is 1. The van der Waals surface area contributed by atoms with E-state index in [1.165, 1.54) is 30.3 Å². The van der Waals surface area contributed by atoms with Crippen LogP contribution in [-0.4, -0.2) is 37.9 Å². The highest BCUT2D eigenvalue weighted by Gasteiger charge is 2.26. The Bertz CT molecular complexity index is 1100. The Kier molecular flexibility index (Phi) is 9.06. The third kappa shape index (κ3) is 7.95. The molecular weight excluding hydrogens is 450 g/mol. The second kappa shape index (κ2) is 11.5. The molecule has 1 amide bonds. The molecule has 33 heavy (non-hydrogen) atoms. The van der Waals surface area contributed by atoms with E-state index >= 15 is 0 Å². The lowest BCUT2D eigenvalue weighted by atomic mass is 10.0. The maximum Gasteiger partial charge on any atom is 0.308 e. The van der Waals surface area contributed by atoms with Gasteiger partial charge >= 0.3 is 5.97 Å². The lowest BCUT2D eigenvalue weighted by Gasteiger charge is -2.19. The molecule has 2 aromatic rings. The van der Waals surface area contributed by atoms with Crippen LogP contribution in [0.3, 0.4) is 0 Å². The molecule has 2 N–H and O–H groups in total. The number of amides is 1. The minimum atomic E-state index is -3.80. The standard InChI is InChI=1S/C22H27N3O7S/c1-15(2)32-22(27)14-19(18-6-4-5-7-20(18)25(28)29)24-21(26)12-13-23-33(30,31)17-10-8-16(3)9-11-17/h4-11,15,19,23H,12-14H2,1-3H3,(H,24,26). The molecule has 11 heteroatoms. The summed E-state index contributed by atoms with van der Waals surface area (Å²) in [4.78, 5) is 35.6. The highest BCUT2D eigenvalue weighted by molar-refractivity contribution is 7.89. The summed E-state index contributed by atoms with van der Waals surface area (Å²) in [6.07, 6.45) is -0.943. The number of carbonyl (C=O) groups is 2. The van der Waals surface area contributed by atoms with Crippen LogP contribution in [0.15, 0.2) is 53.4 Å². The predicted octanol–water partition coefficient (Wildman–Crippen LogP) is 2.77. The molecule has 1 unspecified atom stereocenters. The molecule has 0 aromatic heterocycles. The summed E-state index contributed by atoms with van der Waals surface area (Å²) >= 11 is 0. The first-order chi connectivity index (χ1) is 15.5. The first-order valence-electron chi connectivity index (χ1n) is 10.3. The van der Waals surface area contributed by atoms with Gasteiger partial charge in [-0.1, -0.05) is 35.9 Å². The minimum absolute atomic E-state index is 0.0720. The summed E-state index contributed by atoms with van der Waals surface area (Å²) in [6, 6.07) is 11.0. The molecule has 0 aliphatic carbocycles. The number of hydrogen-bond donors (Lipinski definition) is 2. The highest BCUT2D eigenvalue weighted by atomic mass is 32.2. The number of hydrogen-bond acceptors (Lipinski definition) is 7. The number of sulfonamides is 1. The van der Waals surface area contributed by atoms with Crippen LogP contribution in [0.5, 0.6) is 0 Å². The summed E-state index contributed by atoms with van der Waals surface area (Å²) in [7, 11) is -3.80. The van der Waals surface area contributed by atoms with E-state index in [1.54, 1.807) is 32.0 Å². The molecule has 2 aromatic carbocycles. The zero-order valence-electron chi connectivity index (χ0n) is 18.6. The van der Waals surface area contributed by atoms with Crippen molar-refractivity contribution >= 4 is 27.6 Å². The number of aryl methyl sites for hydroxylation is 1. The number of carbonyl (C=O) groups excluding carboxylic acids is 2. The van der Waals surface area contributed by atoms with Crippen molar-refractivity contribution in [1.82, 2.24) is 10.0 Å². The number of nitro groups is 1. The molecule has 0 heterocycles. The van der Waals surface area contributed by atoms with E-state index in [-0.39, 0.29) is 35.5 Å². The fourth-order valence-corrected chi connectivity index (χ4v) is 4.06. The molecule has 0 bridgehead atoms. The molecule has 2 rings (SSSR count). The van der Waals surface area contributed by atoms with Crippen molar-refractivity contribution in [3.05, 3.63) is 69.8 Å². The normalized spacial score (nSPS) is 12.2. The van der Waals surface area contributed by atoms with Crippen LogP contribution in [0.2, 0.25) is 0 Å².